The zero-order valence-electron chi connectivity index (χ0n) is 10.0. The van der Waals surface area contributed by atoms with Crippen molar-refractivity contribution in [1.82, 2.24) is 14.4 Å². The van der Waals surface area contributed by atoms with E-state index < -0.39 is 23.2 Å². The smallest absolute Gasteiger partial charge is 0.259 e. The van der Waals surface area contributed by atoms with Gasteiger partial charge in [-0.3, -0.25) is 4.40 Å². The van der Waals surface area contributed by atoms with Gasteiger partial charge in [-0.05, 0) is 0 Å². The number of imidazole rings is 1. The van der Waals surface area contributed by atoms with E-state index in [0.717, 1.165) is 16.8 Å². The summed E-state index contributed by atoms with van der Waals surface area (Å²) in [5.41, 5.74) is -1.65. The van der Waals surface area contributed by atoms with Crippen molar-refractivity contribution in [1.29, 1.82) is 0 Å². The van der Waals surface area contributed by atoms with Gasteiger partial charge < -0.3 is 0 Å². The number of halogens is 4. The molecule has 2 aromatic heterocycles. The molecule has 0 bridgehead atoms. The maximum Gasteiger partial charge on any atom is 0.433 e. The third-order valence-electron chi connectivity index (χ3n) is 2.46. The van der Waals surface area contributed by atoms with Crippen LogP contribution in [0.2, 0.25) is 0 Å². The molecule has 0 radical (unpaired) electrons. The molecule has 0 amide bonds. The molecule has 0 aromatic carbocycles. The normalized spacial score (nSPS) is 13.3. The summed E-state index contributed by atoms with van der Waals surface area (Å²) in [5, 5.41) is 0. The maximum atomic E-state index is 13.9. The molecule has 0 aliphatic heterocycles. The van der Waals surface area contributed by atoms with Gasteiger partial charge in [0.2, 0.25) is 5.95 Å². The predicted octanol–water partition coefficient (Wildman–Crippen LogP) is 3.18. The number of hydrogen-bond acceptors (Lipinski definition) is 2. The van der Waals surface area contributed by atoms with Crippen LogP contribution in [-0.4, -0.2) is 14.4 Å². The summed E-state index contributed by atoms with van der Waals surface area (Å²) >= 11 is 0. The highest BCUT2D eigenvalue weighted by Gasteiger charge is 2.33. The minimum absolute atomic E-state index is 0.0975. The van der Waals surface area contributed by atoms with Crippen LogP contribution < -0.4 is 0 Å². The monoisotopic (exact) mass is 261 g/mol. The van der Waals surface area contributed by atoms with E-state index in [9.17, 15) is 17.6 Å². The molecule has 0 saturated heterocycles. The lowest BCUT2D eigenvalue weighted by molar-refractivity contribution is -0.141. The molecule has 98 valence electrons. The lowest BCUT2D eigenvalue weighted by Gasteiger charge is -2.14. The van der Waals surface area contributed by atoms with Crippen molar-refractivity contribution >= 4 is 5.65 Å². The Bertz CT molecular complexity index is 593. The molecule has 0 aliphatic rings. The Balaban J connectivity index is 2.67. The average Bonchev–Trinajstić information content (AvgIpc) is 2.54. The quantitative estimate of drug-likeness (QED) is 0.682. The van der Waals surface area contributed by atoms with Gasteiger partial charge >= 0.3 is 6.18 Å². The van der Waals surface area contributed by atoms with E-state index in [0.29, 0.717) is 0 Å². The molecular formula is C11H11F4N3. The van der Waals surface area contributed by atoms with Gasteiger partial charge in [-0.25, -0.2) is 9.97 Å². The summed E-state index contributed by atoms with van der Waals surface area (Å²) in [6.07, 6.45) is -3.76. The molecule has 3 nitrogen and oxygen atoms in total. The highest BCUT2D eigenvalue weighted by atomic mass is 19.4. The van der Waals surface area contributed by atoms with Crippen LogP contribution in [0.3, 0.4) is 0 Å². The molecule has 0 fully saturated rings. The molecule has 0 spiro atoms. The molecule has 18 heavy (non-hydrogen) atoms. The van der Waals surface area contributed by atoms with E-state index in [4.69, 9.17) is 0 Å². The first-order chi connectivity index (χ1) is 8.10. The number of nitrogens with zero attached hydrogens (tertiary/aromatic N) is 3. The van der Waals surface area contributed by atoms with Crippen molar-refractivity contribution in [3.8, 4) is 0 Å². The van der Waals surface area contributed by atoms with Gasteiger partial charge in [-0.1, -0.05) is 20.8 Å². The highest BCUT2D eigenvalue weighted by molar-refractivity contribution is 5.43. The Morgan fingerprint density at radius 1 is 1.17 bits per heavy atom. The van der Waals surface area contributed by atoms with E-state index in [2.05, 4.69) is 9.97 Å². The third-order valence-corrected chi connectivity index (χ3v) is 2.46. The van der Waals surface area contributed by atoms with E-state index in [1.54, 1.807) is 20.8 Å². The molecule has 0 saturated carbocycles. The summed E-state index contributed by atoms with van der Waals surface area (Å²) in [5.74, 6) is -0.682. The molecule has 2 aromatic rings. The molecule has 0 N–H and O–H groups in total. The Morgan fingerprint density at radius 2 is 1.78 bits per heavy atom. The summed E-state index contributed by atoms with van der Waals surface area (Å²) in [4.78, 5) is 7.10. The van der Waals surface area contributed by atoms with E-state index >= 15 is 0 Å². The third kappa shape index (κ3) is 2.04. The molecular weight excluding hydrogens is 250 g/mol. The SMILES string of the molecule is CC(C)(C)c1nc2cc(C(F)(F)F)ncn2c1F. The Labute approximate surface area is 100 Å². The van der Waals surface area contributed by atoms with Crippen LogP contribution in [-0.2, 0) is 11.6 Å². The van der Waals surface area contributed by atoms with Crippen molar-refractivity contribution in [2.24, 2.45) is 0 Å². The van der Waals surface area contributed by atoms with E-state index in [-0.39, 0.29) is 11.3 Å². The fourth-order valence-electron chi connectivity index (χ4n) is 1.55. The Kier molecular flexibility index (Phi) is 2.60. The number of fused-ring (bicyclic) bond motifs is 1. The van der Waals surface area contributed by atoms with Crippen molar-refractivity contribution in [2.45, 2.75) is 32.4 Å². The van der Waals surface area contributed by atoms with E-state index in [1.165, 1.54) is 0 Å². The van der Waals surface area contributed by atoms with Crippen molar-refractivity contribution < 1.29 is 17.6 Å². The lowest BCUT2D eigenvalue weighted by Crippen LogP contribution is -2.14. The van der Waals surface area contributed by atoms with Crippen LogP contribution >= 0.6 is 0 Å². The number of rotatable bonds is 0. The standard InChI is InChI=1S/C11H11F4N3/c1-10(2,3)8-9(12)18-5-16-6(11(13,14)15)4-7(18)17-8/h4-5H,1-3H3. The number of alkyl halides is 3. The van der Waals surface area contributed by atoms with Crippen LogP contribution in [0.25, 0.3) is 5.65 Å². The first kappa shape index (κ1) is 12.8. The van der Waals surface area contributed by atoms with Crippen LogP contribution in [0.1, 0.15) is 32.2 Å². The zero-order chi connectivity index (χ0) is 13.7. The van der Waals surface area contributed by atoms with E-state index in [1.807, 2.05) is 0 Å². The largest absolute Gasteiger partial charge is 0.433 e. The maximum absolute atomic E-state index is 13.9. The van der Waals surface area contributed by atoms with Gasteiger partial charge in [0.15, 0.2) is 0 Å². The van der Waals surface area contributed by atoms with Gasteiger partial charge in [0.05, 0.1) is 0 Å². The molecule has 7 heteroatoms. The van der Waals surface area contributed by atoms with Gasteiger partial charge in [-0.15, -0.1) is 0 Å². The second-order valence-corrected chi connectivity index (χ2v) is 5.00. The molecule has 0 unspecified atom stereocenters. The highest BCUT2D eigenvalue weighted by Crippen LogP contribution is 2.30. The second kappa shape index (κ2) is 3.66. The van der Waals surface area contributed by atoms with Crippen molar-refractivity contribution in [3.63, 3.8) is 0 Å². The predicted molar refractivity (Wildman–Crippen MR) is 56.6 cm³/mol. The number of hydrogen-bond donors (Lipinski definition) is 0. The van der Waals surface area contributed by atoms with Gasteiger partial charge in [0.1, 0.15) is 23.4 Å². The van der Waals surface area contributed by atoms with Gasteiger partial charge in [-0.2, -0.15) is 17.6 Å². The van der Waals surface area contributed by atoms with Gasteiger partial charge in [0, 0.05) is 11.5 Å². The summed E-state index contributed by atoms with van der Waals surface area (Å²) in [6, 6.07) is 0.734. The Morgan fingerprint density at radius 3 is 2.28 bits per heavy atom. The fraction of sp³-hybridized carbons (Fsp3) is 0.455. The minimum atomic E-state index is -4.56. The summed E-state index contributed by atoms with van der Waals surface area (Å²) < 4.78 is 52.2. The van der Waals surface area contributed by atoms with Crippen molar-refractivity contribution in [2.75, 3.05) is 0 Å². The summed E-state index contributed by atoms with van der Waals surface area (Å²) in [7, 11) is 0. The second-order valence-electron chi connectivity index (χ2n) is 5.00. The molecule has 0 atom stereocenters. The minimum Gasteiger partial charge on any atom is -0.259 e. The fourth-order valence-corrected chi connectivity index (χ4v) is 1.55. The molecule has 2 heterocycles. The van der Waals surface area contributed by atoms with Crippen molar-refractivity contribution in [3.05, 3.63) is 29.7 Å². The first-order valence-electron chi connectivity index (χ1n) is 5.22. The zero-order valence-corrected chi connectivity index (χ0v) is 10.0. The topological polar surface area (TPSA) is 30.2 Å². The van der Waals surface area contributed by atoms with Crippen LogP contribution in [0, 0.1) is 5.95 Å². The molecule has 2 rings (SSSR count). The lowest BCUT2D eigenvalue weighted by atomic mass is 9.93. The number of aromatic nitrogens is 3. The first-order valence-corrected chi connectivity index (χ1v) is 5.22. The van der Waals surface area contributed by atoms with Gasteiger partial charge in [0.25, 0.3) is 0 Å². The van der Waals surface area contributed by atoms with Crippen LogP contribution in [0.5, 0.6) is 0 Å². The Hall–Kier alpha value is -1.66. The van der Waals surface area contributed by atoms with Crippen LogP contribution in [0.15, 0.2) is 12.4 Å². The van der Waals surface area contributed by atoms with Crippen LogP contribution in [0.4, 0.5) is 17.6 Å². The molecule has 0 aliphatic carbocycles. The summed E-state index contributed by atoms with van der Waals surface area (Å²) in [6.45, 7) is 5.20. The average molecular weight is 261 g/mol.